The molecule has 130 valence electrons. The van der Waals surface area contributed by atoms with Crippen molar-refractivity contribution in [3.05, 3.63) is 60.2 Å². The third-order valence-electron chi connectivity index (χ3n) is 4.52. The number of amides is 2. The number of nitrogens with zero attached hydrogens (tertiary/aromatic N) is 2. The highest BCUT2D eigenvalue weighted by atomic mass is 16.2. The van der Waals surface area contributed by atoms with Crippen LogP contribution in [-0.2, 0) is 4.79 Å². The molecule has 1 fully saturated rings. The van der Waals surface area contributed by atoms with Crippen LogP contribution in [-0.4, -0.2) is 38.5 Å². The molecule has 0 aliphatic carbocycles. The molecule has 2 aromatic rings. The molecule has 2 amide bonds. The van der Waals surface area contributed by atoms with E-state index in [4.69, 9.17) is 0 Å². The lowest BCUT2D eigenvalue weighted by atomic mass is 10.2. The highest BCUT2D eigenvalue weighted by Gasteiger charge is 2.15. The Morgan fingerprint density at radius 3 is 2.28 bits per heavy atom. The fourth-order valence-electron chi connectivity index (χ4n) is 2.97. The largest absolute Gasteiger partial charge is 0.372 e. The van der Waals surface area contributed by atoms with E-state index in [2.05, 4.69) is 10.2 Å². The van der Waals surface area contributed by atoms with E-state index >= 15 is 0 Å². The first-order chi connectivity index (χ1) is 12.1. The van der Waals surface area contributed by atoms with Gasteiger partial charge in [0.1, 0.15) is 0 Å². The first-order valence-electron chi connectivity index (χ1n) is 8.60. The van der Waals surface area contributed by atoms with Crippen LogP contribution in [0.4, 0.5) is 11.4 Å². The third kappa shape index (κ3) is 4.18. The number of benzene rings is 2. The van der Waals surface area contributed by atoms with Gasteiger partial charge in [-0.3, -0.25) is 9.59 Å². The van der Waals surface area contributed by atoms with Crippen molar-refractivity contribution in [2.45, 2.75) is 12.8 Å². The molecule has 1 aliphatic heterocycles. The summed E-state index contributed by atoms with van der Waals surface area (Å²) < 4.78 is 0. The molecule has 5 nitrogen and oxygen atoms in total. The van der Waals surface area contributed by atoms with Gasteiger partial charge in [0.05, 0.1) is 6.54 Å². The van der Waals surface area contributed by atoms with Crippen molar-refractivity contribution in [1.82, 2.24) is 5.32 Å². The van der Waals surface area contributed by atoms with Crippen molar-refractivity contribution in [2.75, 3.05) is 36.5 Å². The first-order valence-corrected chi connectivity index (χ1v) is 8.60. The second-order valence-corrected chi connectivity index (χ2v) is 6.21. The van der Waals surface area contributed by atoms with Gasteiger partial charge in [0.15, 0.2) is 0 Å². The maximum absolute atomic E-state index is 12.3. The molecule has 1 aliphatic rings. The Morgan fingerprint density at radius 2 is 1.64 bits per heavy atom. The smallest absolute Gasteiger partial charge is 0.251 e. The summed E-state index contributed by atoms with van der Waals surface area (Å²) in [7, 11) is 1.72. The number of hydrogen-bond acceptors (Lipinski definition) is 3. The minimum absolute atomic E-state index is 0.0297. The summed E-state index contributed by atoms with van der Waals surface area (Å²) >= 11 is 0. The normalized spacial score (nSPS) is 13.6. The standard InChI is InChI=1S/C20H23N3O2/c1-22(17-9-11-18(12-10-17)23-13-5-6-14-23)19(24)15-21-20(25)16-7-3-2-4-8-16/h2-4,7-12H,5-6,13-15H2,1H3,(H,21,25). The Bertz CT molecular complexity index is 722. The van der Waals surface area contributed by atoms with Crippen molar-refractivity contribution in [3.63, 3.8) is 0 Å². The Balaban J connectivity index is 1.55. The van der Waals surface area contributed by atoms with E-state index < -0.39 is 0 Å². The number of carbonyl (C=O) groups is 2. The average Bonchev–Trinajstić information content (AvgIpc) is 3.21. The highest BCUT2D eigenvalue weighted by Crippen LogP contribution is 2.23. The lowest BCUT2D eigenvalue weighted by molar-refractivity contribution is -0.117. The SMILES string of the molecule is CN(C(=O)CNC(=O)c1ccccc1)c1ccc(N2CCCC2)cc1. The van der Waals surface area contributed by atoms with Gasteiger partial charge in [-0.25, -0.2) is 0 Å². The van der Waals surface area contributed by atoms with Gasteiger partial charge in [-0.1, -0.05) is 18.2 Å². The van der Waals surface area contributed by atoms with Crippen molar-refractivity contribution in [1.29, 1.82) is 0 Å². The predicted molar refractivity (Wildman–Crippen MR) is 100 cm³/mol. The van der Waals surface area contributed by atoms with Crippen LogP contribution in [0, 0.1) is 0 Å². The molecule has 0 aromatic heterocycles. The van der Waals surface area contributed by atoms with Gasteiger partial charge < -0.3 is 15.1 Å². The molecule has 1 heterocycles. The summed E-state index contributed by atoms with van der Waals surface area (Å²) in [6.07, 6.45) is 2.47. The number of rotatable bonds is 5. The van der Waals surface area contributed by atoms with Crippen LogP contribution in [0.25, 0.3) is 0 Å². The van der Waals surface area contributed by atoms with Crippen molar-refractivity contribution in [3.8, 4) is 0 Å². The quantitative estimate of drug-likeness (QED) is 0.913. The van der Waals surface area contributed by atoms with Crippen molar-refractivity contribution in [2.24, 2.45) is 0 Å². The topological polar surface area (TPSA) is 52.7 Å². The second kappa shape index (κ2) is 7.83. The van der Waals surface area contributed by atoms with Gasteiger partial charge in [0.2, 0.25) is 5.91 Å². The summed E-state index contributed by atoms with van der Waals surface area (Å²) in [4.78, 5) is 28.3. The molecule has 3 rings (SSSR count). The van der Waals surface area contributed by atoms with Gasteiger partial charge >= 0.3 is 0 Å². The molecule has 25 heavy (non-hydrogen) atoms. The Morgan fingerprint density at radius 1 is 1.00 bits per heavy atom. The Labute approximate surface area is 148 Å². The van der Waals surface area contributed by atoms with Crippen LogP contribution >= 0.6 is 0 Å². The fraction of sp³-hybridized carbons (Fsp3) is 0.300. The zero-order valence-corrected chi connectivity index (χ0v) is 14.4. The van der Waals surface area contributed by atoms with E-state index in [0.29, 0.717) is 5.56 Å². The molecule has 5 heteroatoms. The van der Waals surface area contributed by atoms with Crippen LogP contribution in [0.5, 0.6) is 0 Å². The molecule has 0 bridgehead atoms. The molecule has 1 saturated heterocycles. The molecular weight excluding hydrogens is 314 g/mol. The number of anilines is 2. The first kappa shape index (κ1) is 17.0. The lowest BCUT2D eigenvalue weighted by Crippen LogP contribution is -2.38. The maximum atomic E-state index is 12.3. The molecule has 0 radical (unpaired) electrons. The molecule has 1 N–H and O–H groups in total. The minimum Gasteiger partial charge on any atom is -0.372 e. The van der Waals surface area contributed by atoms with Crippen LogP contribution in [0.3, 0.4) is 0 Å². The van der Waals surface area contributed by atoms with Gasteiger partial charge in [-0.05, 0) is 49.2 Å². The maximum Gasteiger partial charge on any atom is 0.251 e. The molecule has 0 spiro atoms. The van der Waals surface area contributed by atoms with Crippen molar-refractivity contribution >= 4 is 23.2 Å². The highest BCUT2D eigenvalue weighted by molar-refractivity contribution is 6.00. The molecular formula is C20H23N3O2. The van der Waals surface area contributed by atoms with Crippen molar-refractivity contribution < 1.29 is 9.59 Å². The zero-order chi connectivity index (χ0) is 17.6. The summed E-state index contributed by atoms with van der Waals surface area (Å²) in [5.74, 6) is -0.398. The van der Waals surface area contributed by atoms with Crippen LogP contribution in [0.15, 0.2) is 54.6 Å². The van der Waals surface area contributed by atoms with E-state index in [9.17, 15) is 9.59 Å². The molecule has 2 aromatic carbocycles. The average molecular weight is 337 g/mol. The molecule has 0 atom stereocenters. The van der Waals surface area contributed by atoms with E-state index in [1.807, 2.05) is 30.3 Å². The fourth-order valence-corrected chi connectivity index (χ4v) is 2.97. The Hall–Kier alpha value is -2.82. The number of hydrogen-bond donors (Lipinski definition) is 1. The minimum atomic E-state index is -0.244. The van der Waals surface area contributed by atoms with E-state index in [1.54, 1.807) is 36.2 Å². The number of likely N-dealkylation sites (N-methyl/N-ethyl adjacent to an activating group) is 1. The van der Waals surface area contributed by atoms with Gasteiger partial charge in [-0.2, -0.15) is 0 Å². The third-order valence-corrected chi connectivity index (χ3v) is 4.52. The van der Waals surface area contributed by atoms with Crippen LogP contribution in [0.2, 0.25) is 0 Å². The van der Waals surface area contributed by atoms with Crippen LogP contribution < -0.4 is 15.1 Å². The number of carbonyl (C=O) groups excluding carboxylic acids is 2. The summed E-state index contributed by atoms with van der Waals surface area (Å²) in [6.45, 7) is 2.16. The monoisotopic (exact) mass is 337 g/mol. The van der Waals surface area contributed by atoms with E-state index in [0.717, 1.165) is 18.8 Å². The van der Waals surface area contributed by atoms with Crippen LogP contribution in [0.1, 0.15) is 23.2 Å². The van der Waals surface area contributed by atoms with Gasteiger partial charge in [0.25, 0.3) is 5.91 Å². The predicted octanol–water partition coefficient (Wildman–Crippen LogP) is 2.68. The van der Waals surface area contributed by atoms with Gasteiger partial charge in [-0.15, -0.1) is 0 Å². The summed E-state index contributed by atoms with van der Waals surface area (Å²) in [5.41, 5.74) is 2.56. The molecule has 0 unspecified atom stereocenters. The number of nitrogens with one attached hydrogen (secondary N) is 1. The van der Waals surface area contributed by atoms with Gasteiger partial charge in [0, 0.05) is 37.1 Å². The summed E-state index contributed by atoms with van der Waals surface area (Å²) in [6, 6.07) is 16.9. The van der Waals surface area contributed by atoms with E-state index in [-0.39, 0.29) is 18.4 Å². The molecule has 0 saturated carbocycles. The zero-order valence-electron chi connectivity index (χ0n) is 14.4. The Kier molecular flexibility index (Phi) is 5.33. The lowest BCUT2D eigenvalue weighted by Gasteiger charge is -2.21. The van der Waals surface area contributed by atoms with E-state index in [1.165, 1.54) is 18.5 Å². The summed E-state index contributed by atoms with van der Waals surface area (Å²) in [5, 5.41) is 2.67. The second-order valence-electron chi connectivity index (χ2n) is 6.21.